The van der Waals surface area contributed by atoms with E-state index in [4.69, 9.17) is 4.74 Å². The first-order chi connectivity index (χ1) is 12.3. The Morgan fingerprint density at radius 3 is 2.72 bits per heavy atom. The Hall–Kier alpha value is -2.21. The van der Waals surface area contributed by atoms with E-state index < -0.39 is 0 Å². The van der Waals surface area contributed by atoms with E-state index in [0.717, 1.165) is 62.0 Å². The number of hydrogen-bond acceptors (Lipinski definition) is 5. The van der Waals surface area contributed by atoms with E-state index in [0.29, 0.717) is 6.10 Å². The first kappa shape index (κ1) is 15.1. The molecule has 2 aromatic rings. The number of benzene rings is 1. The predicted molar refractivity (Wildman–Crippen MR) is 94.3 cm³/mol. The van der Waals surface area contributed by atoms with Crippen molar-refractivity contribution in [3.8, 4) is 0 Å². The molecule has 0 unspecified atom stereocenters. The fourth-order valence-corrected chi connectivity index (χ4v) is 4.52. The Kier molecular flexibility index (Phi) is 3.59. The molecule has 25 heavy (non-hydrogen) atoms. The van der Waals surface area contributed by atoms with Crippen LogP contribution in [0.3, 0.4) is 0 Å². The summed E-state index contributed by atoms with van der Waals surface area (Å²) in [7, 11) is 0. The molecule has 2 bridgehead atoms. The van der Waals surface area contributed by atoms with E-state index in [2.05, 4.69) is 27.2 Å². The Morgan fingerprint density at radius 1 is 1.12 bits per heavy atom. The highest BCUT2D eigenvalue weighted by Gasteiger charge is 2.46. The van der Waals surface area contributed by atoms with Crippen LogP contribution in [0, 0.1) is 5.92 Å². The number of carbonyl (C=O) groups is 1. The Labute approximate surface area is 146 Å². The summed E-state index contributed by atoms with van der Waals surface area (Å²) in [6.45, 7) is 3.10. The van der Waals surface area contributed by atoms with Crippen LogP contribution in [0.4, 0.5) is 5.82 Å². The second-order valence-electron chi connectivity index (χ2n) is 7.28. The van der Waals surface area contributed by atoms with Crippen LogP contribution in [0.5, 0.6) is 0 Å². The van der Waals surface area contributed by atoms with Gasteiger partial charge in [0.25, 0.3) is 0 Å². The molecule has 5 rings (SSSR count). The van der Waals surface area contributed by atoms with Gasteiger partial charge in [0.2, 0.25) is 5.91 Å². The maximum atomic E-state index is 12.8. The normalized spacial score (nSPS) is 28.7. The van der Waals surface area contributed by atoms with Gasteiger partial charge in [-0.2, -0.15) is 5.10 Å². The molecule has 3 fully saturated rings. The van der Waals surface area contributed by atoms with Crippen LogP contribution in [-0.4, -0.2) is 59.4 Å². The van der Waals surface area contributed by atoms with Gasteiger partial charge >= 0.3 is 0 Å². The number of hydrogen-bond donors (Lipinski definition) is 0. The van der Waals surface area contributed by atoms with Gasteiger partial charge in [-0.15, -0.1) is 5.10 Å². The molecule has 3 aliphatic rings. The quantitative estimate of drug-likeness (QED) is 0.836. The van der Waals surface area contributed by atoms with Crippen molar-refractivity contribution in [2.24, 2.45) is 5.92 Å². The van der Waals surface area contributed by atoms with Crippen molar-refractivity contribution >= 4 is 22.5 Å². The van der Waals surface area contributed by atoms with E-state index in [1.807, 2.05) is 17.0 Å². The number of amides is 1. The summed E-state index contributed by atoms with van der Waals surface area (Å²) in [5, 5.41) is 10.7. The number of nitrogens with zero attached hydrogens (tertiary/aromatic N) is 4. The molecule has 0 N–H and O–H groups in total. The van der Waals surface area contributed by atoms with Gasteiger partial charge in [0, 0.05) is 37.0 Å². The third-order valence-corrected chi connectivity index (χ3v) is 5.87. The minimum Gasteiger partial charge on any atom is -0.374 e. The average Bonchev–Trinajstić information content (AvgIpc) is 3.31. The zero-order chi connectivity index (χ0) is 16.8. The van der Waals surface area contributed by atoms with E-state index in [1.165, 1.54) is 0 Å². The monoisotopic (exact) mass is 338 g/mol. The first-order valence-corrected chi connectivity index (χ1v) is 9.19. The number of anilines is 1. The summed E-state index contributed by atoms with van der Waals surface area (Å²) in [5.74, 6) is 1.30. The maximum absolute atomic E-state index is 12.8. The van der Waals surface area contributed by atoms with Crippen molar-refractivity contribution in [2.75, 3.05) is 31.1 Å². The van der Waals surface area contributed by atoms with Crippen molar-refractivity contribution in [3.05, 3.63) is 30.5 Å². The molecule has 1 aromatic carbocycles. The van der Waals surface area contributed by atoms with E-state index in [9.17, 15) is 4.79 Å². The van der Waals surface area contributed by atoms with Crippen LogP contribution in [0.15, 0.2) is 30.5 Å². The minimum atomic E-state index is 0.0858. The van der Waals surface area contributed by atoms with Crippen LogP contribution >= 0.6 is 0 Å². The second-order valence-corrected chi connectivity index (χ2v) is 7.28. The van der Waals surface area contributed by atoms with Gasteiger partial charge in [0.15, 0.2) is 5.82 Å². The summed E-state index contributed by atoms with van der Waals surface area (Å²) in [6.07, 6.45) is 5.38. The molecule has 6 nitrogen and oxygen atoms in total. The van der Waals surface area contributed by atoms with E-state index >= 15 is 0 Å². The summed E-state index contributed by atoms with van der Waals surface area (Å²) in [6, 6.07) is 8.19. The largest absolute Gasteiger partial charge is 0.374 e. The standard InChI is InChI=1S/C19H22N4O2/c24-19(16-11-14-5-6-17(16)25-14)23-9-7-22(8-10-23)18-15-4-2-1-3-13(15)12-20-21-18/h1-4,12,14,16-17H,5-11H2/t14-,16+,17-/m1/s1. The molecule has 1 aromatic heterocycles. The zero-order valence-electron chi connectivity index (χ0n) is 14.2. The highest BCUT2D eigenvalue weighted by molar-refractivity contribution is 5.91. The zero-order valence-corrected chi connectivity index (χ0v) is 14.2. The molecule has 3 atom stereocenters. The number of rotatable bonds is 2. The second kappa shape index (κ2) is 5.95. The Balaban J connectivity index is 1.29. The molecule has 6 heteroatoms. The van der Waals surface area contributed by atoms with Crippen molar-refractivity contribution in [1.82, 2.24) is 15.1 Å². The van der Waals surface area contributed by atoms with Crippen LogP contribution in [0.25, 0.3) is 10.8 Å². The SMILES string of the molecule is O=C([C@H]1C[C@H]2CC[C@H]1O2)N1CCN(c2nncc3ccccc23)CC1. The lowest BCUT2D eigenvalue weighted by Gasteiger charge is -2.37. The van der Waals surface area contributed by atoms with Gasteiger partial charge in [-0.25, -0.2) is 0 Å². The first-order valence-electron chi connectivity index (χ1n) is 9.19. The van der Waals surface area contributed by atoms with Gasteiger partial charge in [-0.3, -0.25) is 4.79 Å². The number of fused-ring (bicyclic) bond motifs is 3. The molecule has 3 aliphatic heterocycles. The molecule has 0 radical (unpaired) electrons. The number of carbonyl (C=O) groups excluding carboxylic acids is 1. The minimum absolute atomic E-state index is 0.0858. The molecule has 0 saturated carbocycles. The molecular weight excluding hydrogens is 316 g/mol. The third kappa shape index (κ3) is 2.56. The van der Waals surface area contributed by atoms with Crippen LogP contribution < -0.4 is 4.90 Å². The predicted octanol–water partition coefficient (Wildman–Crippen LogP) is 1.85. The third-order valence-electron chi connectivity index (χ3n) is 5.87. The van der Waals surface area contributed by atoms with Crippen molar-refractivity contribution < 1.29 is 9.53 Å². The summed E-state index contributed by atoms with van der Waals surface area (Å²) in [4.78, 5) is 17.1. The molecule has 4 heterocycles. The lowest BCUT2D eigenvalue weighted by atomic mass is 9.88. The maximum Gasteiger partial charge on any atom is 0.228 e. The van der Waals surface area contributed by atoms with Crippen molar-refractivity contribution in [1.29, 1.82) is 0 Å². The lowest BCUT2D eigenvalue weighted by molar-refractivity contribution is -0.137. The molecule has 0 spiro atoms. The van der Waals surface area contributed by atoms with Gasteiger partial charge in [-0.1, -0.05) is 24.3 Å². The van der Waals surface area contributed by atoms with Gasteiger partial charge in [0.1, 0.15) is 0 Å². The highest BCUT2D eigenvalue weighted by atomic mass is 16.5. The number of aromatic nitrogens is 2. The molecule has 1 amide bonds. The van der Waals surface area contributed by atoms with E-state index in [1.54, 1.807) is 6.20 Å². The molecular formula is C19H22N4O2. The molecule has 0 aliphatic carbocycles. The van der Waals surface area contributed by atoms with Crippen LogP contribution in [-0.2, 0) is 9.53 Å². The van der Waals surface area contributed by atoms with Crippen LogP contribution in [0.1, 0.15) is 19.3 Å². The fraction of sp³-hybridized carbons (Fsp3) is 0.526. The van der Waals surface area contributed by atoms with Gasteiger partial charge < -0.3 is 14.5 Å². The number of piperazine rings is 1. The molecule has 3 saturated heterocycles. The smallest absolute Gasteiger partial charge is 0.228 e. The lowest BCUT2D eigenvalue weighted by Crippen LogP contribution is -2.51. The van der Waals surface area contributed by atoms with Crippen molar-refractivity contribution in [2.45, 2.75) is 31.5 Å². The topological polar surface area (TPSA) is 58.6 Å². The van der Waals surface area contributed by atoms with Gasteiger partial charge in [0.05, 0.1) is 24.3 Å². The van der Waals surface area contributed by atoms with Crippen LogP contribution in [0.2, 0.25) is 0 Å². The summed E-state index contributed by atoms with van der Waals surface area (Å²) < 4.78 is 5.86. The number of ether oxygens (including phenoxy) is 1. The van der Waals surface area contributed by atoms with E-state index in [-0.39, 0.29) is 17.9 Å². The summed E-state index contributed by atoms with van der Waals surface area (Å²) in [5.41, 5.74) is 0. The Bertz CT molecular complexity index is 798. The fourth-order valence-electron chi connectivity index (χ4n) is 4.52. The molecule has 130 valence electrons. The van der Waals surface area contributed by atoms with Gasteiger partial charge in [-0.05, 0) is 19.3 Å². The highest BCUT2D eigenvalue weighted by Crippen LogP contribution is 2.39. The Morgan fingerprint density at radius 2 is 1.96 bits per heavy atom. The summed E-state index contributed by atoms with van der Waals surface area (Å²) >= 11 is 0. The average molecular weight is 338 g/mol. The van der Waals surface area contributed by atoms with Crippen molar-refractivity contribution in [3.63, 3.8) is 0 Å².